The number of rotatable bonds is 3. The first-order valence-corrected chi connectivity index (χ1v) is 9.27. The van der Waals surface area contributed by atoms with Crippen LogP contribution in [0.15, 0.2) is 40.9 Å². The lowest BCUT2D eigenvalue weighted by atomic mass is 9.68. The van der Waals surface area contributed by atoms with Crippen LogP contribution in [0.25, 0.3) is 0 Å². The van der Waals surface area contributed by atoms with Crippen molar-refractivity contribution >= 4 is 50.9 Å². The number of likely N-dealkylation sites (tertiary alicyclic amines) is 1. The highest BCUT2D eigenvalue weighted by Gasteiger charge is 2.72. The van der Waals surface area contributed by atoms with Gasteiger partial charge in [0.1, 0.15) is 0 Å². The van der Waals surface area contributed by atoms with Gasteiger partial charge in [0, 0.05) is 23.0 Å². The van der Waals surface area contributed by atoms with E-state index in [4.69, 9.17) is 27.9 Å². The predicted octanol–water partition coefficient (Wildman–Crippen LogP) is 3.72. The van der Waals surface area contributed by atoms with Gasteiger partial charge in [-0.25, -0.2) is 0 Å². The number of imide groups is 1. The Morgan fingerprint density at radius 2 is 2.04 bits per heavy atom. The summed E-state index contributed by atoms with van der Waals surface area (Å²) in [5.41, 5.74) is 0.918. The van der Waals surface area contributed by atoms with Crippen LogP contribution < -0.4 is 4.74 Å². The van der Waals surface area contributed by atoms with Crippen LogP contribution in [0.5, 0.6) is 11.5 Å². The summed E-state index contributed by atoms with van der Waals surface area (Å²) in [4.78, 5) is 23.1. The average molecular weight is 461 g/mol. The van der Waals surface area contributed by atoms with Gasteiger partial charge in [-0.3, -0.25) is 14.5 Å². The fourth-order valence-electron chi connectivity index (χ4n) is 3.69. The van der Waals surface area contributed by atoms with Crippen LogP contribution in [-0.4, -0.2) is 45.7 Å². The molecule has 3 rings (SSSR count). The summed E-state index contributed by atoms with van der Waals surface area (Å²) in [6.45, 7) is 3.78. The van der Waals surface area contributed by atoms with Crippen molar-refractivity contribution < 1.29 is 19.4 Å². The minimum atomic E-state index is -1.80. The molecule has 1 saturated heterocycles. The molecule has 26 heavy (non-hydrogen) atoms. The maximum atomic E-state index is 13.0. The topological polar surface area (TPSA) is 66.8 Å². The van der Waals surface area contributed by atoms with E-state index in [9.17, 15) is 14.7 Å². The third kappa shape index (κ3) is 2.28. The van der Waals surface area contributed by atoms with Crippen molar-refractivity contribution in [3.05, 3.63) is 46.5 Å². The van der Waals surface area contributed by atoms with Crippen molar-refractivity contribution in [1.29, 1.82) is 0 Å². The van der Waals surface area contributed by atoms with Crippen molar-refractivity contribution in [3.8, 4) is 11.5 Å². The van der Waals surface area contributed by atoms with Crippen LogP contribution >= 0.6 is 39.1 Å². The molecule has 8 heteroatoms. The van der Waals surface area contributed by atoms with E-state index in [1.54, 1.807) is 24.3 Å². The second kappa shape index (κ2) is 6.29. The quantitative estimate of drug-likeness (QED) is 0.551. The zero-order valence-electron chi connectivity index (χ0n) is 14.1. The van der Waals surface area contributed by atoms with Crippen LogP contribution in [0.3, 0.4) is 0 Å². The van der Waals surface area contributed by atoms with Crippen LogP contribution in [0, 0.1) is 0 Å². The number of ether oxygens (including phenoxy) is 1. The first-order valence-electron chi connectivity index (χ1n) is 7.72. The van der Waals surface area contributed by atoms with E-state index in [0.717, 1.165) is 4.90 Å². The molecule has 0 saturated carbocycles. The van der Waals surface area contributed by atoms with Gasteiger partial charge in [0.25, 0.3) is 11.8 Å². The Morgan fingerprint density at radius 1 is 1.38 bits per heavy atom. The summed E-state index contributed by atoms with van der Waals surface area (Å²) in [6, 6.07) is 3.21. The monoisotopic (exact) mass is 459 g/mol. The number of carbonyl (C=O) groups is 2. The summed E-state index contributed by atoms with van der Waals surface area (Å²) in [7, 11) is 2.76. The molecule has 2 aliphatic rings. The molecule has 1 heterocycles. The lowest BCUT2D eigenvalue weighted by Crippen LogP contribution is -2.54. The van der Waals surface area contributed by atoms with Crippen LogP contribution in [0.2, 0.25) is 0 Å². The van der Waals surface area contributed by atoms with E-state index in [0.29, 0.717) is 15.6 Å². The first-order chi connectivity index (χ1) is 12.1. The molecule has 1 aromatic rings. The van der Waals surface area contributed by atoms with Gasteiger partial charge < -0.3 is 9.84 Å². The Bertz CT molecular complexity index is 871. The van der Waals surface area contributed by atoms with Gasteiger partial charge in [-0.2, -0.15) is 0 Å². The Morgan fingerprint density at radius 3 is 2.62 bits per heavy atom. The number of amides is 2. The van der Waals surface area contributed by atoms with Gasteiger partial charge in [-0.1, -0.05) is 34.7 Å². The largest absolute Gasteiger partial charge is 0.504 e. The molecule has 0 bridgehead atoms. The number of nitrogens with zero attached hydrogens (tertiary/aromatic N) is 1. The molecule has 0 aromatic heterocycles. The first kappa shape index (κ1) is 19.3. The summed E-state index contributed by atoms with van der Waals surface area (Å²) in [5.74, 6) is -2.04. The fourth-order valence-corrected chi connectivity index (χ4v) is 5.06. The average Bonchev–Trinajstić information content (AvgIpc) is 2.75. The molecule has 1 fully saturated rings. The Balaban J connectivity index is 2.35. The number of fused-ring (bicyclic) bond motifs is 1. The van der Waals surface area contributed by atoms with Gasteiger partial charge in [0.05, 0.1) is 7.11 Å². The number of aromatic hydroxyl groups is 1. The lowest BCUT2D eigenvalue weighted by Gasteiger charge is -2.42. The number of phenolic OH excluding ortho intramolecular Hbond substituents is 1. The minimum Gasteiger partial charge on any atom is -0.504 e. The molecule has 0 spiro atoms. The van der Waals surface area contributed by atoms with E-state index in [-0.39, 0.29) is 17.9 Å². The summed E-state index contributed by atoms with van der Waals surface area (Å²) < 4.78 is 5.81. The molecule has 2 amide bonds. The number of carbonyl (C=O) groups excluding carboxylic acids is 2. The van der Waals surface area contributed by atoms with E-state index < -0.39 is 27.5 Å². The Kier molecular flexibility index (Phi) is 4.66. The highest BCUT2D eigenvalue weighted by Crippen LogP contribution is 2.60. The molecule has 3 unspecified atom stereocenters. The second-order valence-electron chi connectivity index (χ2n) is 6.27. The highest BCUT2D eigenvalue weighted by molar-refractivity contribution is 9.10. The van der Waals surface area contributed by atoms with Gasteiger partial charge in [0.2, 0.25) is 0 Å². The molecule has 5 nitrogen and oxygen atoms in total. The van der Waals surface area contributed by atoms with Crippen molar-refractivity contribution in [2.24, 2.45) is 0 Å². The molecule has 3 atom stereocenters. The van der Waals surface area contributed by atoms with Crippen molar-refractivity contribution in [1.82, 2.24) is 4.90 Å². The SMILES string of the molecule is C=CC1=CCC2(Cl)C(=O)N(C)C(=O)C2(Cl)C1c1cc(Br)cc(OC)c1O. The van der Waals surface area contributed by atoms with Gasteiger partial charge >= 0.3 is 0 Å². The number of phenols is 1. The fraction of sp³-hybridized carbons (Fsp3) is 0.333. The zero-order valence-corrected chi connectivity index (χ0v) is 17.2. The van der Waals surface area contributed by atoms with Gasteiger partial charge in [-0.05, 0) is 24.1 Å². The van der Waals surface area contributed by atoms with Crippen LogP contribution in [0.1, 0.15) is 17.9 Å². The van der Waals surface area contributed by atoms with Gasteiger partial charge in [-0.15, -0.1) is 23.2 Å². The Labute approximate surface area is 169 Å². The number of hydrogen-bond acceptors (Lipinski definition) is 4. The molecular formula is C18H16BrCl2NO4. The number of halogens is 3. The van der Waals surface area contributed by atoms with Crippen molar-refractivity contribution in [3.63, 3.8) is 0 Å². The maximum Gasteiger partial charge on any atom is 0.253 e. The van der Waals surface area contributed by atoms with E-state index in [1.165, 1.54) is 14.2 Å². The lowest BCUT2D eigenvalue weighted by molar-refractivity contribution is -0.137. The number of alkyl halides is 2. The normalized spacial score (nSPS) is 30.9. The smallest absolute Gasteiger partial charge is 0.253 e. The molecule has 1 N–H and O–H groups in total. The van der Waals surface area contributed by atoms with Gasteiger partial charge in [0.15, 0.2) is 21.2 Å². The number of hydrogen-bond donors (Lipinski definition) is 1. The highest BCUT2D eigenvalue weighted by atomic mass is 79.9. The van der Waals surface area contributed by atoms with Crippen LogP contribution in [-0.2, 0) is 9.59 Å². The Hall–Kier alpha value is -1.50. The van der Waals surface area contributed by atoms with Crippen molar-refractivity contribution in [2.75, 3.05) is 14.2 Å². The maximum absolute atomic E-state index is 13.0. The minimum absolute atomic E-state index is 0.0801. The van der Waals surface area contributed by atoms with Crippen molar-refractivity contribution in [2.45, 2.75) is 22.1 Å². The standard InChI is InChI=1S/C18H16BrCl2NO4/c1-4-9-5-6-17(20)15(24)22(2)16(25)18(17,21)13(9)11-7-10(19)8-12(26-3)14(11)23/h4-5,7-8,13,23H,1,6H2,2-3H3. The zero-order chi connectivity index (χ0) is 19.4. The molecule has 138 valence electrons. The number of allylic oxidation sites excluding steroid dienone is 3. The van der Waals surface area contributed by atoms with E-state index in [2.05, 4.69) is 22.5 Å². The van der Waals surface area contributed by atoms with Crippen LogP contribution in [0.4, 0.5) is 0 Å². The molecule has 0 radical (unpaired) electrons. The second-order valence-corrected chi connectivity index (χ2v) is 8.43. The third-order valence-corrected chi connectivity index (χ3v) is 6.89. The third-order valence-electron chi connectivity index (χ3n) is 5.02. The summed E-state index contributed by atoms with van der Waals surface area (Å²) in [5, 5.41) is 10.7. The predicted molar refractivity (Wildman–Crippen MR) is 103 cm³/mol. The molecular weight excluding hydrogens is 445 g/mol. The van der Waals surface area contributed by atoms with E-state index >= 15 is 0 Å². The molecule has 1 aliphatic heterocycles. The molecule has 1 aromatic carbocycles. The number of benzene rings is 1. The summed E-state index contributed by atoms with van der Waals surface area (Å²) in [6.07, 6.45) is 3.35. The molecule has 1 aliphatic carbocycles. The number of methoxy groups -OCH3 is 1. The van der Waals surface area contributed by atoms with E-state index in [1.807, 2.05) is 0 Å². The summed E-state index contributed by atoms with van der Waals surface area (Å²) >= 11 is 16.9.